The zero-order chi connectivity index (χ0) is 11.3. The van der Waals surface area contributed by atoms with Crippen LogP contribution in [0.1, 0.15) is 35.9 Å². The summed E-state index contributed by atoms with van der Waals surface area (Å²) in [5, 5.41) is 8.51. The Hall–Kier alpha value is -1.76. The summed E-state index contributed by atoms with van der Waals surface area (Å²) in [5.41, 5.74) is 0.423. The Kier molecular flexibility index (Phi) is 3.92. The fourth-order valence-corrected chi connectivity index (χ4v) is 1.18. The van der Waals surface area contributed by atoms with Gasteiger partial charge in [-0.1, -0.05) is 6.92 Å². The van der Waals surface area contributed by atoms with E-state index in [-0.39, 0.29) is 12.5 Å². The number of rotatable bonds is 4. The molecule has 0 spiro atoms. The number of ether oxygens (including phenoxy) is 1. The van der Waals surface area contributed by atoms with Crippen LogP contribution in [-0.2, 0) is 4.74 Å². The summed E-state index contributed by atoms with van der Waals surface area (Å²) in [6.07, 6.45) is 1.96. The summed E-state index contributed by atoms with van der Waals surface area (Å²) in [5.74, 6) is 0.107. The van der Waals surface area contributed by atoms with Crippen molar-refractivity contribution in [2.75, 3.05) is 0 Å². The van der Waals surface area contributed by atoms with Crippen LogP contribution in [0.5, 0.6) is 0 Å². The first-order valence-corrected chi connectivity index (χ1v) is 4.81. The fraction of sp³-hybridized carbons (Fsp3) is 0.455. The largest absolute Gasteiger partial charge is 0.469 e. The second-order valence-electron chi connectivity index (χ2n) is 3.19. The lowest BCUT2D eigenvalue weighted by Crippen LogP contribution is -2.17. The molecule has 0 amide bonds. The van der Waals surface area contributed by atoms with E-state index in [9.17, 15) is 4.79 Å². The first-order valence-electron chi connectivity index (χ1n) is 4.81. The maximum atomic E-state index is 11.6. The van der Waals surface area contributed by atoms with Crippen molar-refractivity contribution in [3.63, 3.8) is 0 Å². The molecule has 0 N–H and O–H groups in total. The predicted octanol–water partition coefficient (Wildman–Crippen LogP) is 2.44. The third-order valence-corrected chi connectivity index (χ3v) is 2.13. The van der Waals surface area contributed by atoms with E-state index in [0.717, 1.165) is 0 Å². The Morgan fingerprint density at radius 1 is 1.73 bits per heavy atom. The molecule has 0 unspecified atom stereocenters. The number of carbonyl (C=O) groups is 1. The number of carbonyl (C=O) groups excluding carboxylic acids is 1. The quantitative estimate of drug-likeness (QED) is 0.711. The standard InChI is InChI=1S/C11H13NO3/c1-3-9(4-6-12)15-11(13)10-5-7-14-8(10)2/h5,7,9H,3-4H2,1-2H3/t9-/m0/s1. The molecular formula is C11H13NO3. The van der Waals surface area contributed by atoms with E-state index in [4.69, 9.17) is 14.4 Å². The van der Waals surface area contributed by atoms with Gasteiger partial charge < -0.3 is 9.15 Å². The van der Waals surface area contributed by atoms with Crippen molar-refractivity contribution in [3.05, 3.63) is 23.7 Å². The molecule has 1 aromatic rings. The van der Waals surface area contributed by atoms with Crippen molar-refractivity contribution in [2.24, 2.45) is 0 Å². The second-order valence-corrected chi connectivity index (χ2v) is 3.19. The molecule has 0 radical (unpaired) electrons. The van der Waals surface area contributed by atoms with Gasteiger partial charge in [-0.2, -0.15) is 5.26 Å². The van der Waals surface area contributed by atoms with Gasteiger partial charge in [0.2, 0.25) is 0 Å². The molecule has 0 bridgehead atoms. The van der Waals surface area contributed by atoms with Crippen molar-refractivity contribution in [1.29, 1.82) is 5.26 Å². The van der Waals surface area contributed by atoms with Crippen LogP contribution < -0.4 is 0 Å². The lowest BCUT2D eigenvalue weighted by atomic mass is 10.2. The average Bonchev–Trinajstić information content (AvgIpc) is 2.63. The molecule has 0 saturated carbocycles. The van der Waals surface area contributed by atoms with Gasteiger partial charge in [-0.05, 0) is 19.4 Å². The van der Waals surface area contributed by atoms with Crippen LogP contribution in [0, 0.1) is 18.3 Å². The van der Waals surface area contributed by atoms with E-state index >= 15 is 0 Å². The molecule has 1 aromatic heterocycles. The Morgan fingerprint density at radius 3 is 2.93 bits per heavy atom. The topological polar surface area (TPSA) is 63.2 Å². The summed E-state index contributed by atoms with van der Waals surface area (Å²) in [6.45, 7) is 3.57. The average molecular weight is 207 g/mol. The van der Waals surface area contributed by atoms with Crippen molar-refractivity contribution in [2.45, 2.75) is 32.8 Å². The Balaban J connectivity index is 2.63. The van der Waals surface area contributed by atoms with Crippen molar-refractivity contribution >= 4 is 5.97 Å². The third kappa shape index (κ3) is 2.84. The van der Waals surface area contributed by atoms with Crippen molar-refractivity contribution in [3.8, 4) is 6.07 Å². The second kappa shape index (κ2) is 5.20. The molecule has 0 aliphatic rings. The fourth-order valence-electron chi connectivity index (χ4n) is 1.18. The molecule has 4 nitrogen and oxygen atoms in total. The number of hydrogen-bond donors (Lipinski definition) is 0. The Morgan fingerprint density at radius 2 is 2.47 bits per heavy atom. The van der Waals surface area contributed by atoms with E-state index in [1.807, 2.05) is 13.0 Å². The summed E-state index contributed by atoms with van der Waals surface area (Å²) in [7, 11) is 0. The molecule has 4 heteroatoms. The highest BCUT2D eigenvalue weighted by Crippen LogP contribution is 2.13. The molecule has 1 rings (SSSR count). The van der Waals surface area contributed by atoms with Crippen molar-refractivity contribution in [1.82, 2.24) is 0 Å². The number of nitrogens with zero attached hydrogens (tertiary/aromatic N) is 1. The van der Waals surface area contributed by atoms with E-state index in [0.29, 0.717) is 17.7 Å². The maximum Gasteiger partial charge on any atom is 0.341 e. The van der Waals surface area contributed by atoms with Gasteiger partial charge in [-0.15, -0.1) is 0 Å². The van der Waals surface area contributed by atoms with Crippen LogP contribution in [0.15, 0.2) is 16.7 Å². The van der Waals surface area contributed by atoms with Gasteiger partial charge in [0.05, 0.1) is 18.8 Å². The van der Waals surface area contributed by atoms with Crippen molar-refractivity contribution < 1.29 is 13.9 Å². The number of nitriles is 1. The van der Waals surface area contributed by atoms with E-state index in [1.54, 1.807) is 13.0 Å². The molecule has 1 heterocycles. The van der Waals surface area contributed by atoms with E-state index < -0.39 is 5.97 Å². The highest BCUT2D eigenvalue weighted by atomic mass is 16.5. The number of hydrogen-bond acceptors (Lipinski definition) is 4. The third-order valence-electron chi connectivity index (χ3n) is 2.13. The Labute approximate surface area is 88.4 Å². The van der Waals surface area contributed by atoms with Crippen LogP contribution in [0.25, 0.3) is 0 Å². The van der Waals surface area contributed by atoms with Gasteiger partial charge >= 0.3 is 5.97 Å². The molecule has 0 aromatic carbocycles. The van der Waals surface area contributed by atoms with Gasteiger partial charge in [0, 0.05) is 0 Å². The van der Waals surface area contributed by atoms with E-state index in [1.165, 1.54) is 6.26 Å². The highest BCUT2D eigenvalue weighted by molar-refractivity contribution is 5.90. The Bertz CT molecular complexity index is 375. The molecule has 0 aliphatic carbocycles. The smallest absolute Gasteiger partial charge is 0.341 e. The summed E-state index contributed by atoms with van der Waals surface area (Å²) in [4.78, 5) is 11.6. The molecule has 80 valence electrons. The molecule has 15 heavy (non-hydrogen) atoms. The molecular weight excluding hydrogens is 194 g/mol. The lowest BCUT2D eigenvalue weighted by Gasteiger charge is -2.11. The SMILES string of the molecule is CC[C@@H](CC#N)OC(=O)c1ccoc1C. The van der Waals surface area contributed by atoms with Gasteiger partial charge in [-0.3, -0.25) is 0 Å². The predicted molar refractivity (Wildman–Crippen MR) is 53.2 cm³/mol. The van der Waals surface area contributed by atoms with Crippen LogP contribution in [0.4, 0.5) is 0 Å². The summed E-state index contributed by atoms with van der Waals surface area (Å²) in [6, 6.07) is 3.55. The minimum absolute atomic E-state index is 0.221. The summed E-state index contributed by atoms with van der Waals surface area (Å²) < 4.78 is 10.1. The number of furan rings is 1. The van der Waals surface area contributed by atoms with Gasteiger partial charge in [0.1, 0.15) is 17.4 Å². The zero-order valence-corrected chi connectivity index (χ0v) is 8.82. The van der Waals surface area contributed by atoms with E-state index in [2.05, 4.69) is 0 Å². The first-order chi connectivity index (χ1) is 7.19. The van der Waals surface area contributed by atoms with Gasteiger partial charge in [0.15, 0.2) is 0 Å². The minimum atomic E-state index is -0.427. The number of aryl methyl sites for hydroxylation is 1. The number of esters is 1. The summed E-state index contributed by atoms with van der Waals surface area (Å²) >= 11 is 0. The van der Waals surface area contributed by atoms with Crippen LogP contribution in [0.3, 0.4) is 0 Å². The molecule has 1 atom stereocenters. The zero-order valence-electron chi connectivity index (χ0n) is 8.82. The van der Waals surface area contributed by atoms with Crippen LogP contribution in [-0.4, -0.2) is 12.1 Å². The van der Waals surface area contributed by atoms with Crippen LogP contribution >= 0.6 is 0 Å². The monoisotopic (exact) mass is 207 g/mol. The van der Waals surface area contributed by atoms with Gasteiger partial charge in [-0.25, -0.2) is 4.79 Å². The molecule has 0 fully saturated rings. The normalized spacial score (nSPS) is 11.8. The molecule has 0 aliphatic heterocycles. The molecule has 0 saturated heterocycles. The van der Waals surface area contributed by atoms with Crippen LogP contribution in [0.2, 0.25) is 0 Å². The first kappa shape index (κ1) is 11.3. The minimum Gasteiger partial charge on any atom is -0.469 e. The van der Waals surface area contributed by atoms with Gasteiger partial charge in [0.25, 0.3) is 0 Å². The lowest BCUT2D eigenvalue weighted by molar-refractivity contribution is 0.0302. The maximum absolute atomic E-state index is 11.6. The highest BCUT2D eigenvalue weighted by Gasteiger charge is 2.17.